The lowest BCUT2D eigenvalue weighted by Gasteiger charge is -1.82. The van der Waals surface area contributed by atoms with Crippen molar-refractivity contribution < 1.29 is 8.76 Å². The first-order chi connectivity index (χ1) is 5.68. The van der Waals surface area contributed by atoms with E-state index in [9.17, 15) is 4.21 Å². The molecule has 2 nitrogen and oxygen atoms in total. The first kappa shape index (κ1) is 8.37. The predicted molar refractivity (Wildman–Crippen MR) is 53.5 cm³/mol. The summed E-state index contributed by atoms with van der Waals surface area (Å²) in [6.45, 7) is 2.02. The van der Waals surface area contributed by atoms with Crippen LogP contribution in [0.1, 0.15) is 4.88 Å². The van der Waals surface area contributed by atoms with Gasteiger partial charge in [0.25, 0.3) is 0 Å². The summed E-state index contributed by atoms with van der Waals surface area (Å²) in [5, 5.41) is 3.13. The van der Waals surface area contributed by atoms with E-state index >= 15 is 0 Å². The highest BCUT2D eigenvalue weighted by Crippen LogP contribution is 2.33. The molecule has 0 aromatic carbocycles. The molecule has 0 radical (unpaired) electrons. The molecule has 0 saturated carbocycles. The largest absolute Gasteiger partial charge is 0.302 e. The molecule has 1 atom stereocenters. The standard InChI is InChI=1S/C7H6O2S3/c1-4-5-2-7(12(8)9)11-6(5)3-10-4/h2-3H,1H3,(H,8,9). The Hall–Kier alpha value is -0.230. The number of hydrogen-bond donors (Lipinski definition) is 1. The molecular formula is C7H6O2S3. The van der Waals surface area contributed by atoms with Gasteiger partial charge in [0.05, 0.1) is 0 Å². The number of thiophene rings is 2. The molecule has 12 heavy (non-hydrogen) atoms. The molecule has 0 aliphatic rings. The van der Waals surface area contributed by atoms with Crippen LogP contribution in [0.4, 0.5) is 0 Å². The first-order valence-electron chi connectivity index (χ1n) is 3.27. The molecule has 0 saturated heterocycles. The Balaban J connectivity index is 2.70. The van der Waals surface area contributed by atoms with Crippen molar-refractivity contribution in [2.45, 2.75) is 11.1 Å². The molecule has 0 amide bonds. The van der Waals surface area contributed by atoms with Gasteiger partial charge in [-0.1, -0.05) is 0 Å². The van der Waals surface area contributed by atoms with E-state index < -0.39 is 11.1 Å². The van der Waals surface area contributed by atoms with Crippen molar-refractivity contribution in [2.75, 3.05) is 0 Å². The van der Waals surface area contributed by atoms with Gasteiger partial charge in [-0.25, -0.2) is 4.21 Å². The van der Waals surface area contributed by atoms with E-state index in [1.54, 1.807) is 17.4 Å². The maximum atomic E-state index is 10.7. The summed E-state index contributed by atoms with van der Waals surface area (Å²) in [7, 11) is 0. The average Bonchev–Trinajstić information content (AvgIpc) is 2.53. The van der Waals surface area contributed by atoms with Crippen molar-refractivity contribution in [3.8, 4) is 0 Å². The Bertz CT molecular complexity index is 440. The van der Waals surface area contributed by atoms with Gasteiger partial charge in [-0.05, 0) is 13.0 Å². The molecular weight excluding hydrogens is 212 g/mol. The quantitative estimate of drug-likeness (QED) is 0.747. The zero-order valence-corrected chi connectivity index (χ0v) is 8.68. The normalized spacial score (nSPS) is 13.8. The van der Waals surface area contributed by atoms with Gasteiger partial charge in [-0.15, -0.1) is 22.7 Å². The molecule has 0 fully saturated rings. The van der Waals surface area contributed by atoms with E-state index in [2.05, 4.69) is 0 Å². The van der Waals surface area contributed by atoms with Crippen molar-refractivity contribution in [1.82, 2.24) is 0 Å². The zero-order chi connectivity index (χ0) is 8.72. The predicted octanol–water partition coefficient (Wildman–Crippen LogP) is 2.85. The molecule has 1 unspecified atom stereocenters. The molecule has 64 valence electrons. The Kier molecular flexibility index (Phi) is 2.04. The molecule has 0 aliphatic heterocycles. The van der Waals surface area contributed by atoms with Gasteiger partial charge < -0.3 is 4.55 Å². The fraction of sp³-hybridized carbons (Fsp3) is 0.143. The summed E-state index contributed by atoms with van der Waals surface area (Å²) >= 11 is 1.24. The second-order valence-corrected chi connectivity index (χ2v) is 5.75. The molecule has 2 aromatic heterocycles. The van der Waals surface area contributed by atoms with Crippen molar-refractivity contribution in [3.63, 3.8) is 0 Å². The molecule has 2 rings (SSSR count). The van der Waals surface area contributed by atoms with Gasteiger partial charge >= 0.3 is 0 Å². The van der Waals surface area contributed by atoms with Crippen molar-refractivity contribution >= 4 is 43.8 Å². The summed E-state index contributed by atoms with van der Waals surface area (Å²) in [4.78, 5) is 1.21. The van der Waals surface area contributed by atoms with Crippen LogP contribution < -0.4 is 0 Å². The van der Waals surface area contributed by atoms with E-state index in [0.717, 1.165) is 10.1 Å². The highest BCUT2D eigenvalue weighted by Gasteiger charge is 2.08. The summed E-state index contributed by atoms with van der Waals surface area (Å²) < 4.78 is 21.2. The lowest BCUT2D eigenvalue weighted by Crippen LogP contribution is -1.80. The summed E-state index contributed by atoms with van der Waals surface area (Å²) in [5.74, 6) is 0. The lowest BCUT2D eigenvalue weighted by molar-refractivity contribution is 0.566. The van der Waals surface area contributed by atoms with Crippen molar-refractivity contribution in [1.29, 1.82) is 0 Å². The van der Waals surface area contributed by atoms with Crippen LogP contribution in [0.3, 0.4) is 0 Å². The van der Waals surface area contributed by atoms with E-state index in [0.29, 0.717) is 4.21 Å². The molecule has 2 aromatic rings. The fourth-order valence-electron chi connectivity index (χ4n) is 1.04. The second-order valence-electron chi connectivity index (χ2n) is 2.38. The van der Waals surface area contributed by atoms with E-state index in [1.807, 2.05) is 12.3 Å². The van der Waals surface area contributed by atoms with E-state index in [4.69, 9.17) is 4.55 Å². The topological polar surface area (TPSA) is 37.3 Å². The molecule has 1 N–H and O–H groups in total. The highest BCUT2D eigenvalue weighted by molar-refractivity contribution is 7.82. The van der Waals surface area contributed by atoms with Gasteiger partial charge in [0, 0.05) is 20.3 Å². The Morgan fingerprint density at radius 3 is 2.92 bits per heavy atom. The van der Waals surface area contributed by atoms with Crippen LogP contribution in [0.25, 0.3) is 10.1 Å². The van der Waals surface area contributed by atoms with Crippen LogP contribution >= 0.6 is 22.7 Å². The summed E-state index contributed by atoms with van der Waals surface area (Å²) in [6, 6.07) is 1.79. The number of hydrogen-bond acceptors (Lipinski definition) is 3. The third-order valence-corrected chi connectivity index (χ3v) is 4.73. The minimum absolute atomic E-state index is 0.538. The minimum atomic E-state index is -1.83. The van der Waals surface area contributed by atoms with E-state index in [-0.39, 0.29) is 0 Å². The van der Waals surface area contributed by atoms with Crippen LogP contribution in [0.2, 0.25) is 0 Å². The third-order valence-electron chi connectivity index (χ3n) is 1.63. The van der Waals surface area contributed by atoms with Crippen LogP contribution in [0, 0.1) is 6.92 Å². The smallest absolute Gasteiger partial charge is 0.196 e. The lowest BCUT2D eigenvalue weighted by atomic mass is 10.3. The maximum absolute atomic E-state index is 10.7. The third kappa shape index (κ3) is 1.22. The highest BCUT2D eigenvalue weighted by atomic mass is 32.2. The van der Waals surface area contributed by atoms with Crippen molar-refractivity contribution in [2.24, 2.45) is 0 Å². The van der Waals surface area contributed by atoms with E-state index in [1.165, 1.54) is 16.2 Å². The SMILES string of the molecule is Cc1scc2sc(S(=O)O)cc12. The maximum Gasteiger partial charge on any atom is 0.196 e. The Morgan fingerprint density at radius 2 is 2.33 bits per heavy atom. The van der Waals surface area contributed by atoms with Crippen LogP contribution in [0.15, 0.2) is 15.7 Å². The van der Waals surface area contributed by atoms with Crippen molar-refractivity contribution in [3.05, 3.63) is 16.3 Å². The monoisotopic (exact) mass is 218 g/mol. The minimum Gasteiger partial charge on any atom is -0.302 e. The summed E-state index contributed by atoms with van der Waals surface area (Å²) in [6.07, 6.45) is 0. The van der Waals surface area contributed by atoms with Crippen LogP contribution in [-0.2, 0) is 11.1 Å². The molecule has 2 heterocycles. The Morgan fingerprint density at radius 1 is 1.58 bits per heavy atom. The Labute approximate surface area is 80.1 Å². The van der Waals surface area contributed by atoms with Gasteiger partial charge in [0.15, 0.2) is 11.1 Å². The number of aryl methyl sites for hydroxylation is 1. The van der Waals surface area contributed by atoms with Crippen LogP contribution in [0.5, 0.6) is 0 Å². The average molecular weight is 218 g/mol. The molecule has 5 heteroatoms. The fourth-order valence-corrected chi connectivity index (χ4v) is 3.63. The molecule has 0 aliphatic carbocycles. The number of rotatable bonds is 1. The number of fused-ring (bicyclic) bond motifs is 1. The van der Waals surface area contributed by atoms with Gasteiger partial charge in [-0.2, -0.15) is 0 Å². The summed E-state index contributed by atoms with van der Waals surface area (Å²) in [5.41, 5.74) is 0. The first-order valence-corrected chi connectivity index (χ1v) is 6.07. The molecule has 0 spiro atoms. The molecule has 0 bridgehead atoms. The zero-order valence-electron chi connectivity index (χ0n) is 6.23. The van der Waals surface area contributed by atoms with Gasteiger partial charge in [0.2, 0.25) is 0 Å². The van der Waals surface area contributed by atoms with Crippen LogP contribution in [-0.4, -0.2) is 8.76 Å². The van der Waals surface area contributed by atoms with Gasteiger partial charge in [0.1, 0.15) is 4.21 Å². The van der Waals surface area contributed by atoms with Gasteiger partial charge in [-0.3, -0.25) is 0 Å². The second kappa shape index (κ2) is 2.92.